The summed E-state index contributed by atoms with van der Waals surface area (Å²) in [6.45, 7) is 0. The fourth-order valence-electron chi connectivity index (χ4n) is 3.43. The number of aliphatic carboxylic acids is 1. The Morgan fingerprint density at radius 2 is 1.62 bits per heavy atom. The van der Waals surface area contributed by atoms with Gasteiger partial charge in [0.05, 0.1) is 14.2 Å². The van der Waals surface area contributed by atoms with Crippen molar-refractivity contribution in [2.24, 2.45) is 5.73 Å². The molecule has 0 spiro atoms. The third-order valence-electron chi connectivity index (χ3n) is 5.26. The van der Waals surface area contributed by atoms with Crippen LogP contribution in [0.3, 0.4) is 0 Å². The molecule has 176 valence electrons. The number of hydrogen-bond acceptors (Lipinski definition) is 7. The van der Waals surface area contributed by atoms with Crippen molar-refractivity contribution in [2.45, 2.75) is 12.5 Å². The lowest BCUT2D eigenvalue weighted by Crippen LogP contribution is -2.32. The number of methoxy groups -OCH3 is 2. The molecule has 4 aromatic rings. The molecule has 0 aliphatic carbocycles. The molecule has 0 unspecified atom stereocenters. The van der Waals surface area contributed by atoms with Crippen molar-refractivity contribution in [2.75, 3.05) is 14.2 Å². The van der Waals surface area contributed by atoms with Crippen LogP contribution in [0.15, 0.2) is 71.3 Å². The van der Waals surface area contributed by atoms with Crippen molar-refractivity contribution in [3.05, 3.63) is 72.3 Å². The normalized spacial score (nSPS) is 11.4. The van der Waals surface area contributed by atoms with Gasteiger partial charge in [-0.2, -0.15) is 4.98 Å². The van der Waals surface area contributed by atoms with Crippen LogP contribution >= 0.6 is 12.4 Å². The van der Waals surface area contributed by atoms with Crippen molar-refractivity contribution in [3.63, 3.8) is 0 Å². The molecule has 0 saturated carbocycles. The molecule has 0 bridgehead atoms. The van der Waals surface area contributed by atoms with Gasteiger partial charge in [0.15, 0.2) is 0 Å². The number of carboxylic acids is 1. The zero-order valence-electron chi connectivity index (χ0n) is 18.6. The van der Waals surface area contributed by atoms with Gasteiger partial charge in [-0.3, -0.25) is 4.79 Å². The molecule has 0 radical (unpaired) electrons. The maximum atomic E-state index is 10.9. The minimum absolute atomic E-state index is 0. The molecule has 1 heterocycles. The van der Waals surface area contributed by atoms with Gasteiger partial charge < -0.3 is 24.8 Å². The van der Waals surface area contributed by atoms with Gasteiger partial charge >= 0.3 is 5.97 Å². The second-order valence-corrected chi connectivity index (χ2v) is 7.41. The van der Waals surface area contributed by atoms with Crippen LogP contribution in [0.2, 0.25) is 0 Å². The van der Waals surface area contributed by atoms with Gasteiger partial charge in [0.25, 0.3) is 5.89 Å². The molecule has 0 amide bonds. The summed E-state index contributed by atoms with van der Waals surface area (Å²) >= 11 is 0. The minimum atomic E-state index is -1.03. The molecule has 4 rings (SSSR count). The average molecular weight is 482 g/mol. The van der Waals surface area contributed by atoms with Crippen LogP contribution in [0.4, 0.5) is 0 Å². The highest BCUT2D eigenvalue weighted by molar-refractivity contribution is 5.85. The van der Waals surface area contributed by atoms with Gasteiger partial charge in [-0.1, -0.05) is 41.6 Å². The molecule has 8 nitrogen and oxygen atoms in total. The van der Waals surface area contributed by atoms with Crippen molar-refractivity contribution in [1.82, 2.24) is 10.1 Å². The molecule has 0 saturated heterocycles. The highest BCUT2D eigenvalue weighted by Gasteiger charge is 2.15. The predicted octanol–water partition coefficient (Wildman–Crippen LogP) is 4.46. The topological polar surface area (TPSA) is 121 Å². The number of aromatic nitrogens is 2. The number of ether oxygens (including phenoxy) is 2. The number of carboxylic acid groups (broad SMARTS) is 1. The molecule has 34 heavy (non-hydrogen) atoms. The summed E-state index contributed by atoms with van der Waals surface area (Å²) < 4.78 is 16.3. The van der Waals surface area contributed by atoms with Gasteiger partial charge in [-0.15, -0.1) is 12.4 Å². The lowest BCUT2D eigenvalue weighted by Gasteiger charge is -2.10. The van der Waals surface area contributed by atoms with Crippen LogP contribution < -0.4 is 15.2 Å². The zero-order chi connectivity index (χ0) is 23.4. The summed E-state index contributed by atoms with van der Waals surface area (Å²) in [5.74, 6) is 1.26. The Morgan fingerprint density at radius 1 is 0.971 bits per heavy atom. The van der Waals surface area contributed by atoms with Crippen LogP contribution in [0, 0.1) is 0 Å². The standard InChI is InChI=1S/C25H23N3O5.ClH/c1-31-19-10-7-16(8-11-19)20-14-18(9-12-22(20)32-2)24-27-23(28-33-24)17-5-3-15(4-6-17)13-21(26)25(29)30;/h3-12,14,21H,13,26H2,1-2H3,(H,29,30);1H/t21-;/m0./s1. The van der Waals surface area contributed by atoms with E-state index in [9.17, 15) is 4.79 Å². The number of hydrogen-bond donors (Lipinski definition) is 2. The van der Waals surface area contributed by atoms with Crippen molar-refractivity contribution in [1.29, 1.82) is 0 Å². The lowest BCUT2D eigenvalue weighted by molar-refractivity contribution is -0.138. The third kappa shape index (κ3) is 5.36. The Labute approximate surface area is 202 Å². The molecular weight excluding hydrogens is 458 g/mol. The Hall–Kier alpha value is -3.88. The molecule has 3 N–H and O–H groups in total. The van der Waals surface area contributed by atoms with Crippen molar-refractivity contribution >= 4 is 18.4 Å². The monoisotopic (exact) mass is 481 g/mol. The molecule has 0 fully saturated rings. The summed E-state index contributed by atoms with van der Waals surface area (Å²) in [5.41, 5.74) is 9.77. The zero-order valence-corrected chi connectivity index (χ0v) is 19.4. The van der Waals surface area contributed by atoms with Gasteiger partial charge in [-0.25, -0.2) is 0 Å². The van der Waals surface area contributed by atoms with Gasteiger partial charge in [0.2, 0.25) is 5.82 Å². The summed E-state index contributed by atoms with van der Waals surface area (Å²) in [7, 11) is 3.25. The number of rotatable bonds is 8. The Balaban J connectivity index is 0.00000324. The summed E-state index contributed by atoms with van der Waals surface area (Å²) in [6.07, 6.45) is 0.243. The van der Waals surface area contributed by atoms with Crippen LogP contribution in [-0.4, -0.2) is 41.5 Å². The Morgan fingerprint density at radius 3 is 2.24 bits per heavy atom. The van der Waals surface area contributed by atoms with Crippen LogP contribution in [0.25, 0.3) is 34.0 Å². The van der Waals surface area contributed by atoms with Crippen LogP contribution in [-0.2, 0) is 11.2 Å². The maximum Gasteiger partial charge on any atom is 0.320 e. The van der Waals surface area contributed by atoms with E-state index in [4.69, 9.17) is 24.8 Å². The van der Waals surface area contributed by atoms with E-state index >= 15 is 0 Å². The smallest absolute Gasteiger partial charge is 0.320 e. The highest BCUT2D eigenvalue weighted by Crippen LogP contribution is 2.35. The first-order chi connectivity index (χ1) is 16.0. The average Bonchev–Trinajstić information content (AvgIpc) is 3.34. The number of halogens is 1. The quantitative estimate of drug-likeness (QED) is 0.378. The number of benzene rings is 3. The molecule has 3 aromatic carbocycles. The predicted molar refractivity (Wildman–Crippen MR) is 130 cm³/mol. The summed E-state index contributed by atoms with van der Waals surface area (Å²) in [5, 5.41) is 13.1. The Kier molecular flexibility index (Phi) is 7.88. The second-order valence-electron chi connectivity index (χ2n) is 7.41. The minimum Gasteiger partial charge on any atom is -0.497 e. The van der Waals surface area contributed by atoms with Gasteiger partial charge in [0.1, 0.15) is 17.5 Å². The highest BCUT2D eigenvalue weighted by atomic mass is 35.5. The molecule has 0 aliphatic heterocycles. The molecular formula is C25H24ClN3O5. The molecule has 0 aliphatic rings. The van der Waals surface area contributed by atoms with Gasteiger partial charge in [-0.05, 0) is 47.9 Å². The number of carbonyl (C=O) groups is 1. The largest absolute Gasteiger partial charge is 0.497 e. The lowest BCUT2D eigenvalue weighted by atomic mass is 10.0. The summed E-state index contributed by atoms with van der Waals surface area (Å²) in [4.78, 5) is 15.5. The Bertz CT molecular complexity index is 1260. The molecule has 9 heteroatoms. The van der Waals surface area contributed by atoms with Crippen LogP contribution in [0.5, 0.6) is 11.5 Å². The van der Waals surface area contributed by atoms with Gasteiger partial charge in [0, 0.05) is 16.7 Å². The fourth-order valence-corrected chi connectivity index (χ4v) is 3.43. The number of nitrogens with two attached hydrogens (primary N) is 1. The second kappa shape index (κ2) is 10.8. The van der Waals surface area contributed by atoms with E-state index in [2.05, 4.69) is 10.1 Å². The first-order valence-corrected chi connectivity index (χ1v) is 10.2. The summed E-state index contributed by atoms with van der Waals surface area (Å²) in [6, 6.07) is 19.7. The van der Waals surface area contributed by atoms with Crippen LogP contribution in [0.1, 0.15) is 5.56 Å². The first kappa shape index (κ1) is 24.8. The van der Waals surface area contributed by atoms with E-state index < -0.39 is 12.0 Å². The van der Waals surface area contributed by atoms with E-state index in [1.54, 1.807) is 14.2 Å². The van der Waals surface area contributed by atoms with Crippen molar-refractivity contribution in [3.8, 4) is 45.5 Å². The van der Waals surface area contributed by atoms with E-state index in [1.807, 2.05) is 66.7 Å². The van der Waals surface area contributed by atoms with E-state index in [-0.39, 0.29) is 18.8 Å². The number of nitrogens with zero attached hydrogens (tertiary/aromatic N) is 2. The molecule has 1 aromatic heterocycles. The van der Waals surface area contributed by atoms with E-state index in [1.165, 1.54) is 0 Å². The maximum absolute atomic E-state index is 10.9. The van der Waals surface area contributed by atoms with Crippen molar-refractivity contribution < 1.29 is 23.9 Å². The SMILES string of the molecule is COc1ccc(-c2cc(-c3nc(-c4ccc(C[C@H](N)C(=O)O)cc4)no3)ccc2OC)cc1.Cl. The first-order valence-electron chi connectivity index (χ1n) is 10.2. The van der Waals surface area contributed by atoms with E-state index in [0.29, 0.717) is 11.7 Å². The molecule has 1 atom stereocenters. The fraction of sp³-hybridized carbons (Fsp3) is 0.160. The third-order valence-corrected chi connectivity index (χ3v) is 5.26. The van der Waals surface area contributed by atoms with E-state index in [0.717, 1.165) is 39.3 Å².